The molecule has 0 heterocycles. The lowest BCUT2D eigenvalue weighted by atomic mass is 10.0. The summed E-state index contributed by atoms with van der Waals surface area (Å²) in [7, 11) is 0. The zero-order chi connectivity index (χ0) is 11.3. The maximum Gasteiger partial charge on any atom is 0.0178 e. The van der Waals surface area contributed by atoms with Gasteiger partial charge < -0.3 is 4.90 Å². The van der Waals surface area contributed by atoms with Crippen molar-refractivity contribution in [3.8, 4) is 0 Å². The Labute approximate surface area is 102 Å². The second-order valence-electron chi connectivity index (χ2n) is 3.94. The summed E-state index contributed by atoms with van der Waals surface area (Å²) >= 11 is 3.52. The molecule has 0 radical (unpaired) electrons. The van der Waals surface area contributed by atoms with Gasteiger partial charge in [-0.1, -0.05) is 48.8 Å². The predicted octanol–water partition coefficient (Wildman–Crippen LogP) is 3.89. The Hall–Kier alpha value is -0.340. The second-order valence-corrected chi connectivity index (χ2v) is 4.86. The van der Waals surface area contributed by atoms with E-state index in [1.54, 1.807) is 0 Å². The van der Waals surface area contributed by atoms with Gasteiger partial charge in [-0.05, 0) is 36.7 Å². The first-order chi connectivity index (χ1) is 7.17. The lowest BCUT2D eigenvalue weighted by molar-refractivity contribution is 0.288. The van der Waals surface area contributed by atoms with E-state index in [0.717, 1.165) is 19.6 Å². The average molecular weight is 270 g/mol. The highest BCUT2D eigenvalue weighted by molar-refractivity contribution is 9.10. The lowest BCUT2D eigenvalue weighted by Gasteiger charge is -2.23. The summed E-state index contributed by atoms with van der Waals surface area (Å²) in [5.41, 5.74) is 1.41. The van der Waals surface area contributed by atoms with Gasteiger partial charge in [-0.25, -0.2) is 0 Å². The molecule has 15 heavy (non-hydrogen) atoms. The summed E-state index contributed by atoms with van der Waals surface area (Å²) in [6, 6.07) is 8.61. The van der Waals surface area contributed by atoms with E-state index >= 15 is 0 Å². The maximum absolute atomic E-state index is 3.52. The first kappa shape index (κ1) is 12.7. The molecule has 0 fully saturated rings. The highest BCUT2D eigenvalue weighted by atomic mass is 79.9. The van der Waals surface area contributed by atoms with Crippen LogP contribution in [0, 0.1) is 0 Å². The van der Waals surface area contributed by atoms with Crippen molar-refractivity contribution in [1.29, 1.82) is 0 Å². The van der Waals surface area contributed by atoms with Gasteiger partial charge in [-0.2, -0.15) is 0 Å². The third kappa shape index (κ3) is 3.96. The average Bonchev–Trinajstić information content (AvgIpc) is 2.25. The molecule has 1 aromatic rings. The molecule has 0 aromatic heterocycles. The minimum atomic E-state index is 0.599. The molecule has 0 saturated heterocycles. The molecule has 1 unspecified atom stereocenters. The Kier molecular flexibility index (Phi) is 5.34. The smallest absolute Gasteiger partial charge is 0.0178 e. The molecule has 84 valence electrons. The minimum Gasteiger partial charge on any atom is -0.303 e. The molecule has 1 atom stereocenters. The normalized spacial score (nSPS) is 13.1. The van der Waals surface area contributed by atoms with E-state index in [0.29, 0.717) is 5.92 Å². The molecule has 0 aliphatic rings. The molecule has 0 aliphatic carbocycles. The number of benzene rings is 1. The Bertz CT molecular complexity index is 294. The Balaban J connectivity index is 2.64. The van der Waals surface area contributed by atoms with Crippen molar-refractivity contribution in [2.45, 2.75) is 26.7 Å². The van der Waals surface area contributed by atoms with Crippen LogP contribution in [-0.4, -0.2) is 24.5 Å². The van der Waals surface area contributed by atoms with E-state index < -0.39 is 0 Å². The fourth-order valence-electron chi connectivity index (χ4n) is 1.79. The van der Waals surface area contributed by atoms with E-state index in [-0.39, 0.29) is 0 Å². The lowest BCUT2D eigenvalue weighted by Crippen LogP contribution is -2.27. The van der Waals surface area contributed by atoms with Crippen molar-refractivity contribution in [2.24, 2.45) is 0 Å². The Morgan fingerprint density at radius 3 is 2.47 bits per heavy atom. The van der Waals surface area contributed by atoms with Crippen molar-refractivity contribution >= 4 is 15.9 Å². The molecular formula is C13H20BrN. The van der Waals surface area contributed by atoms with Crippen LogP contribution in [-0.2, 0) is 0 Å². The minimum absolute atomic E-state index is 0.599. The standard InChI is InChI=1S/C13H20BrN/c1-4-15(5-2)10-11(3)12-7-6-8-13(14)9-12/h6-9,11H,4-5,10H2,1-3H3. The molecule has 0 bridgehead atoms. The van der Waals surface area contributed by atoms with E-state index in [4.69, 9.17) is 0 Å². The van der Waals surface area contributed by atoms with Gasteiger partial charge in [0.25, 0.3) is 0 Å². The van der Waals surface area contributed by atoms with Gasteiger partial charge in [0.15, 0.2) is 0 Å². The monoisotopic (exact) mass is 269 g/mol. The third-order valence-electron chi connectivity index (χ3n) is 2.84. The molecule has 0 saturated carbocycles. The summed E-state index contributed by atoms with van der Waals surface area (Å²) < 4.78 is 1.17. The van der Waals surface area contributed by atoms with E-state index in [9.17, 15) is 0 Å². The van der Waals surface area contributed by atoms with E-state index in [1.165, 1.54) is 10.0 Å². The topological polar surface area (TPSA) is 3.24 Å². The summed E-state index contributed by atoms with van der Waals surface area (Å²) in [4.78, 5) is 2.46. The van der Waals surface area contributed by atoms with E-state index in [2.05, 4.69) is 65.9 Å². The van der Waals surface area contributed by atoms with Gasteiger partial charge in [-0.15, -0.1) is 0 Å². The number of nitrogens with zero attached hydrogens (tertiary/aromatic N) is 1. The molecule has 0 aliphatic heterocycles. The molecule has 2 heteroatoms. The van der Waals surface area contributed by atoms with Gasteiger partial charge in [0, 0.05) is 11.0 Å². The van der Waals surface area contributed by atoms with Crippen LogP contribution in [0.1, 0.15) is 32.3 Å². The molecule has 0 amide bonds. The van der Waals surface area contributed by atoms with Gasteiger partial charge in [0.05, 0.1) is 0 Å². The van der Waals surface area contributed by atoms with E-state index in [1.807, 2.05) is 0 Å². The second kappa shape index (κ2) is 6.29. The van der Waals surface area contributed by atoms with Crippen LogP contribution in [0.15, 0.2) is 28.7 Å². The highest BCUT2D eigenvalue weighted by Crippen LogP contribution is 2.20. The van der Waals surface area contributed by atoms with Crippen LogP contribution in [0.2, 0.25) is 0 Å². The quantitative estimate of drug-likeness (QED) is 0.784. The largest absolute Gasteiger partial charge is 0.303 e. The van der Waals surface area contributed by atoms with Gasteiger partial charge in [0.1, 0.15) is 0 Å². The van der Waals surface area contributed by atoms with Crippen molar-refractivity contribution in [2.75, 3.05) is 19.6 Å². The molecule has 1 nitrogen and oxygen atoms in total. The van der Waals surface area contributed by atoms with Crippen molar-refractivity contribution in [3.63, 3.8) is 0 Å². The number of hydrogen-bond donors (Lipinski definition) is 0. The van der Waals surface area contributed by atoms with Gasteiger partial charge >= 0.3 is 0 Å². The molecule has 1 rings (SSSR count). The maximum atomic E-state index is 3.52. The van der Waals surface area contributed by atoms with Crippen LogP contribution in [0.5, 0.6) is 0 Å². The van der Waals surface area contributed by atoms with Crippen LogP contribution < -0.4 is 0 Å². The van der Waals surface area contributed by atoms with Crippen molar-refractivity contribution in [3.05, 3.63) is 34.3 Å². The third-order valence-corrected chi connectivity index (χ3v) is 3.34. The van der Waals surface area contributed by atoms with Gasteiger partial charge in [-0.3, -0.25) is 0 Å². The van der Waals surface area contributed by atoms with Gasteiger partial charge in [0.2, 0.25) is 0 Å². The summed E-state index contributed by atoms with van der Waals surface area (Å²) in [5, 5.41) is 0. The number of rotatable bonds is 5. The summed E-state index contributed by atoms with van der Waals surface area (Å²) in [6.45, 7) is 10.1. The van der Waals surface area contributed by atoms with Crippen LogP contribution >= 0.6 is 15.9 Å². The van der Waals surface area contributed by atoms with Crippen molar-refractivity contribution in [1.82, 2.24) is 4.90 Å². The number of likely N-dealkylation sites (N-methyl/N-ethyl adjacent to an activating group) is 1. The first-order valence-electron chi connectivity index (χ1n) is 5.65. The number of halogens is 1. The summed E-state index contributed by atoms with van der Waals surface area (Å²) in [6.07, 6.45) is 0. The Morgan fingerprint density at radius 1 is 1.27 bits per heavy atom. The fourth-order valence-corrected chi connectivity index (χ4v) is 2.20. The predicted molar refractivity (Wildman–Crippen MR) is 70.3 cm³/mol. The zero-order valence-corrected chi connectivity index (χ0v) is 11.4. The molecule has 0 N–H and O–H groups in total. The zero-order valence-electron chi connectivity index (χ0n) is 9.83. The van der Waals surface area contributed by atoms with Crippen LogP contribution in [0.3, 0.4) is 0 Å². The van der Waals surface area contributed by atoms with Crippen LogP contribution in [0.4, 0.5) is 0 Å². The van der Waals surface area contributed by atoms with Crippen LogP contribution in [0.25, 0.3) is 0 Å². The highest BCUT2D eigenvalue weighted by Gasteiger charge is 2.09. The molecular weight excluding hydrogens is 250 g/mol. The SMILES string of the molecule is CCN(CC)CC(C)c1cccc(Br)c1. The molecule has 1 aromatic carbocycles. The first-order valence-corrected chi connectivity index (χ1v) is 6.44. The fraction of sp³-hybridized carbons (Fsp3) is 0.538. The Morgan fingerprint density at radius 2 is 1.93 bits per heavy atom. The summed E-state index contributed by atoms with van der Waals surface area (Å²) in [5.74, 6) is 0.599. The molecule has 0 spiro atoms. The number of hydrogen-bond acceptors (Lipinski definition) is 1. The van der Waals surface area contributed by atoms with Crippen molar-refractivity contribution < 1.29 is 0 Å².